The molecule has 0 aliphatic heterocycles. The van der Waals surface area contributed by atoms with Gasteiger partial charge >= 0.3 is 5.97 Å². The Hall–Kier alpha value is -2.42. The maximum atomic E-state index is 12.4. The third kappa shape index (κ3) is 5.55. The van der Waals surface area contributed by atoms with E-state index in [-0.39, 0.29) is 17.0 Å². The molecule has 26 heavy (non-hydrogen) atoms. The fraction of sp³-hybridized carbons (Fsp3) is 0.278. The van der Waals surface area contributed by atoms with E-state index in [9.17, 15) is 18.3 Å². The number of nitrogens with one attached hydrogen (secondary N) is 2. The van der Waals surface area contributed by atoms with Gasteiger partial charge in [0.05, 0.1) is 17.1 Å². The molecule has 2 aromatic rings. The molecule has 0 saturated carbocycles. The van der Waals surface area contributed by atoms with Crippen molar-refractivity contribution in [1.29, 1.82) is 0 Å². The van der Waals surface area contributed by atoms with Crippen LogP contribution in [0.25, 0.3) is 0 Å². The van der Waals surface area contributed by atoms with Crippen molar-refractivity contribution in [3.8, 4) is 0 Å². The molecule has 0 heterocycles. The minimum atomic E-state index is -3.79. The van der Waals surface area contributed by atoms with Gasteiger partial charge < -0.3 is 15.2 Å². The number of anilines is 1. The molecule has 0 bridgehead atoms. The lowest BCUT2D eigenvalue weighted by Gasteiger charge is -2.12. The number of sulfonamides is 1. The molecular weight excluding hydrogens is 356 g/mol. The second-order valence-corrected chi connectivity index (χ2v) is 7.33. The van der Waals surface area contributed by atoms with E-state index in [1.54, 1.807) is 0 Å². The van der Waals surface area contributed by atoms with Crippen LogP contribution in [0.4, 0.5) is 5.69 Å². The molecule has 3 N–H and O–H groups in total. The average Bonchev–Trinajstić information content (AvgIpc) is 2.62. The van der Waals surface area contributed by atoms with Crippen LogP contribution in [0.5, 0.6) is 0 Å². The number of carboxylic acids is 1. The Morgan fingerprint density at radius 3 is 2.50 bits per heavy atom. The standard InChI is InChI=1S/C18H22N2O5S/c1-25-12-11-19-17-8-7-15(13-16(17)18(21)22)26(23,24)20-10-9-14-5-3-2-4-6-14/h2-8,13,19-20H,9-12H2,1H3,(H,21,22). The van der Waals surface area contributed by atoms with E-state index in [2.05, 4.69) is 10.0 Å². The minimum absolute atomic E-state index is 0.0831. The first-order valence-corrected chi connectivity index (χ1v) is 9.56. The molecule has 0 amide bonds. The summed E-state index contributed by atoms with van der Waals surface area (Å²) in [5, 5.41) is 12.3. The summed E-state index contributed by atoms with van der Waals surface area (Å²) in [6, 6.07) is 13.5. The zero-order valence-corrected chi connectivity index (χ0v) is 15.3. The highest BCUT2D eigenvalue weighted by atomic mass is 32.2. The second-order valence-electron chi connectivity index (χ2n) is 5.57. The Morgan fingerprint density at radius 1 is 1.12 bits per heavy atom. The third-order valence-corrected chi connectivity index (χ3v) is 5.16. The highest BCUT2D eigenvalue weighted by molar-refractivity contribution is 7.89. The van der Waals surface area contributed by atoms with Gasteiger partial charge in [-0.05, 0) is 30.2 Å². The Morgan fingerprint density at radius 2 is 1.85 bits per heavy atom. The van der Waals surface area contributed by atoms with Gasteiger partial charge in [0.2, 0.25) is 10.0 Å². The highest BCUT2D eigenvalue weighted by Crippen LogP contribution is 2.20. The van der Waals surface area contributed by atoms with E-state index < -0.39 is 16.0 Å². The Labute approximate surface area is 153 Å². The molecule has 0 fully saturated rings. The van der Waals surface area contributed by atoms with E-state index >= 15 is 0 Å². The van der Waals surface area contributed by atoms with Crippen LogP contribution in [0, 0.1) is 0 Å². The summed E-state index contributed by atoms with van der Waals surface area (Å²) >= 11 is 0. The highest BCUT2D eigenvalue weighted by Gasteiger charge is 2.18. The quantitative estimate of drug-likeness (QED) is 0.546. The van der Waals surface area contributed by atoms with Crippen molar-refractivity contribution in [3.05, 3.63) is 59.7 Å². The van der Waals surface area contributed by atoms with E-state index in [4.69, 9.17) is 4.74 Å². The van der Waals surface area contributed by atoms with Gasteiger partial charge in [-0.25, -0.2) is 17.9 Å². The molecule has 7 nitrogen and oxygen atoms in total. The maximum absolute atomic E-state index is 12.4. The molecule has 0 spiro atoms. The summed E-state index contributed by atoms with van der Waals surface area (Å²) in [6.07, 6.45) is 0.544. The molecule has 0 atom stereocenters. The molecule has 2 aromatic carbocycles. The van der Waals surface area contributed by atoms with Crippen molar-refractivity contribution in [1.82, 2.24) is 4.72 Å². The summed E-state index contributed by atoms with van der Waals surface area (Å²) in [5.41, 5.74) is 1.25. The topological polar surface area (TPSA) is 105 Å². The van der Waals surface area contributed by atoms with Crippen LogP contribution in [-0.4, -0.2) is 46.3 Å². The number of hydrogen-bond donors (Lipinski definition) is 3. The zero-order valence-electron chi connectivity index (χ0n) is 14.4. The van der Waals surface area contributed by atoms with Gasteiger partial charge in [0, 0.05) is 25.9 Å². The smallest absolute Gasteiger partial charge is 0.337 e. The van der Waals surface area contributed by atoms with Crippen molar-refractivity contribution in [2.75, 3.05) is 32.1 Å². The molecule has 0 unspecified atom stereocenters. The van der Waals surface area contributed by atoms with Crippen LogP contribution in [0.1, 0.15) is 15.9 Å². The number of ether oxygens (including phenoxy) is 1. The van der Waals surface area contributed by atoms with Crippen molar-refractivity contribution >= 4 is 21.7 Å². The predicted molar refractivity (Wildman–Crippen MR) is 99.1 cm³/mol. The zero-order chi connectivity index (χ0) is 19.0. The third-order valence-electron chi connectivity index (χ3n) is 3.70. The molecule has 0 aliphatic rings. The summed E-state index contributed by atoms with van der Waals surface area (Å²) in [6.45, 7) is 1.04. The minimum Gasteiger partial charge on any atom is -0.478 e. The lowest BCUT2D eigenvalue weighted by atomic mass is 10.2. The maximum Gasteiger partial charge on any atom is 0.337 e. The first-order chi connectivity index (χ1) is 12.4. The first kappa shape index (κ1) is 19.9. The Kier molecular flexibility index (Phi) is 7.14. The van der Waals surface area contributed by atoms with Gasteiger partial charge in [-0.1, -0.05) is 30.3 Å². The lowest BCUT2D eigenvalue weighted by Crippen LogP contribution is -2.26. The SMILES string of the molecule is COCCNc1ccc(S(=O)(=O)NCCc2ccccc2)cc1C(=O)O. The van der Waals surface area contributed by atoms with Gasteiger partial charge in [-0.2, -0.15) is 0 Å². The Balaban J connectivity index is 2.10. The van der Waals surface area contributed by atoms with Crippen molar-refractivity contribution in [2.24, 2.45) is 0 Å². The number of rotatable bonds is 10. The number of carbonyl (C=O) groups is 1. The van der Waals surface area contributed by atoms with Gasteiger partial charge in [0.15, 0.2) is 0 Å². The van der Waals surface area contributed by atoms with Crippen molar-refractivity contribution in [2.45, 2.75) is 11.3 Å². The van der Waals surface area contributed by atoms with Gasteiger partial charge in [0.1, 0.15) is 0 Å². The fourth-order valence-corrected chi connectivity index (χ4v) is 3.42. The summed E-state index contributed by atoms with van der Waals surface area (Å²) in [7, 11) is -2.26. The summed E-state index contributed by atoms with van der Waals surface area (Å²) in [4.78, 5) is 11.4. The monoisotopic (exact) mass is 378 g/mol. The van der Waals surface area contributed by atoms with Gasteiger partial charge in [0.25, 0.3) is 0 Å². The number of carboxylic acid groups (broad SMARTS) is 1. The summed E-state index contributed by atoms with van der Waals surface area (Å²) in [5.74, 6) is -1.20. The molecule has 0 aromatic heterocycles. The Bertz CT molecular complexity index is 838. The molecule has 140 valence electrons. The van der Waals surface area contributed by atoms with Crippen LogP contribution in [-0.2, 0) is 21.2 Å². The van der Waals surface area contributed by atoms with Crippen LogP contribution in [0.2, 0.25) is 0 Å². The average molecular weight is 378 g/mol. The van der Waals surface area contributed by atoms with E-state index in [1.165, 1.54) is 19.2 Å². The van der Waals surface area contributed by atoms with Crippen molar-refractivity contribution < 1.29 is 23.1 Å². The molecular formula is C18H22N2O5S. The lowest BCUT2D eigenvalue weighted by molar-refractivity contribution is 0.0697. The van der Waals surface area contributed by atoms with Crippen molar-refractivity contribution in [3.63, 3.8) is 0 Å². The molecule has 0 saturated heterocycles. The van der Waals surface area contributed by atoms with Crippen LogP contribution in [0.3, 0.4) is 0 Å². The summed E-state index contributed by atoms with van der Waals surface area (Å²) < 4.78 is 32.3. The largest absolute Gasteiger partial charge is 0.478 e. The molecule has 2 rings (SSSR count). The number of methoxy groups -OCH3 is 1. The van der Waals surface area contributed by atoms with E-state index in [0.717, 1.165) is 11.6 Å². The first-order valence-electron chi connectivity index (χ1n) is 8.08. The van der Waals surface area contributed by atoms with Gasteiger partial charge in [-0.3, -0.25) is 0 Å². The molecule has 0 aliphatic carbocycles. The predicted octanol–water partition coefficient (Wildman–Crippen LogP) is 1.96. The van der Waals surface area contributed by atoms with E-state index in [1.807, 2.05) is 30.3 Å². The number of aromatic carboxylic acids is 1. The van der Waals surface area contributed by atoms with E-state index in [0.29, 0.717) is 25.3 Å². The number of hydrogen-bond acceptors (Lipinski definition) is 5. The van der Waals surface area contributed by atoms with Crippen LogP contribution < -0.4 is 10.0 Å². The van der Waals surface area contributed by atoms with Crippen LogP contribution in [0.15, 0.2) is 53.4 Å². The molecule has 0 radical (unpaired) electrons. The van der Waals surface area contributed by atoms with Crippen LogP contribution >= 0.6 is 0 Å². The normalized spacial score (nSPS) is 11.3. The van der Waals surface area contributed by atoms with Gasteiger partial charge in [-0.15, -0.1) is 0 Å². The fourth-order valence-electron chi connectivity index (χ4n) is 2.37. The second kappa shape index (κ2) is 9.33. The number of benzene rings is 2. The molecule has 8 heteroatoms.